The van der Waals surface area contributed by atoms with Gasteiger partial charge in [-0.15, -0.1) is 0 Å². The third-order valence-electron chi connectivity index (χ3n) is 5.39. The lowest BCUT2D eigenvalue weighted by Gasteiger charge is -2.31. The summed E-state index contributed by atoms with van der Waals surface area (Å²) in [7, 11) is 1.43. The van der Waals surface area contributed by atoms with E-state index in [0.29, 0.717) is 17.9 Å². The highest BCUT2D eigenvalue weighted by molar-refractivity contribution is 5.90. The van der Waals surface area contributed by atoms with Crippen molar-refractivity contribution >= 4 is 23.4 Å². The Bertz CT molecular complexity index is 952. The number of rotatable bonds is 6. The lowest BCUT2D eigenvalue weighted by atomic mass is 9.99. The smallest absolute Gasteiger partial charge is 0.414 e. The van der Waals surface area contributed by atoms with Gasteiger partial charge in [-0.3, -0.25) is 9.69 Å². The van der Waals surface area contributed by atoms with Gasteiger partial charge in [0.05, 0.1) is 24.5 Å². The second kappa shape index (κ2) is 8.71. The minimum Gasteiger partial charge on any atom is -0.442 e. The Morgan fingerprint density at radius 1 is 1.27 bits per heavy atom. The molecule has 7 nitrogen and oxygen atoms in total. The Kier molecular flexibility index (Phi) is 5.85. The predicted molar refractivity (Wildman–Crippen MR) is 110 cm³/mol. The minimum absolute atomic E-state index is 0.0575. The summed E-state index contributed by atoms with van der Waals surface area (Å²) in [6, 6.07) is 13.0. The van der Waals surface area contributed by atoms with Crippen molar-refractivity contribution in [2.45, 2.75) is 19.1 Å². The van der Waals surface area contributed by atoms with E-state index in [0.717, 1.165) is 13.0 Å². The molecule has 1 fully saturated rings. The molecular formula is C22H24FN3O4. The SMILES string of the molecule is COCC(=O)NC[C@@H]1CN(c2ccc(N3CCc4ccccc4C3)c(F)c2)C(=O)O1. The van der Waals surface area contributed by atoms with Crippen LogP contribution in [0.2, 0.25) is 0 Å². The molecule has 2 heterocycles. The van der Waals surface area contributed by atoms with Crippen LogP contribution in [0.25, 0.3) is 0 Å². The van der Waals surface area contributed by atoms with Crippen LogP contribution < -0.4 is 15.1 Å². The Morgan fingerprint density at radius 2 is 2.07 bits per heavy atom. The van der Waals surface area contributed by atoms with Crippen molar-refractivity contribution in [1.29, 1.82) is 0 Å². The molecule has 2 aliphatic rings. The van der Waals surface area contributed by atoms with Gasteiger partial charge in [0.2, 0.25) is 5.91 Å². The number of methoxy groups -OCH3 is 1. The Hall–Kier alpha value is -3.13. The zero-order valence-corrected chi connectivity index (χ0v) is 16.8. The molecule has 2 aromatic carbocycles. The van der Waals surface area contributed by atoms with E-state index in [1.165, 1.54) is 29.2 Å². The van der Waals surface area contributed by atoms with E-state index in [1.807, 2.05) is 17.0 Å². The number of anilines is 2. The third kappa shape index (κ3) is 4.23. The standard InChI is InChI=1S/C22H24FN3O4/c1-29-14-21(27)24-11-18-13-26(22(28)30-18)17-6-7-20(19(23)10-17)25-9-8-15-4-2-3-5-16(15)12-25/h2-7,10,18H,8-9,11-14H2,1H3,(H,24,27)/t18-/m1/s1. The molecule has 2 aromatic rings. The van der Waals surface area contributed by atoms with Crippen molar-refractivity contribution in [1.82, 2.24) is 5.32 Å². The number of fused-ring (bicyclic) bond motifs is 1. The minimum atomic E-state index is -0.556. The molecule has 30 heavy (non-hydrogen) atoms. The molecule has 2 aliphatic heterocycles. The molecule has 0 aromatic heterocycles. The summed E-state index contributed by atoms with van der Waals surface area (Å²) in [5.74, 6) is -0.665. The fraction of sp³-hybridized carbons (Fsp3) is 0.364. The summed E-state index contributed by atoms with van der Waals surface area (Å²) in [4.78, 5) is 27.1. The molecule has 1 saturated heterocycles. The van der Waals surface area contributed by atoms with Gasteiger partial charge >= 0.3 is 6.09 Å². The van der Waals surface area contributed by atoms with E-state index < -0.39 is 12.2 Å². The van der Waals surface area contributed by atoms with E-state index in [2.05, 4.69) is 17.4 Å². The van der Waals surface area contributed by atoms with Crippen LogP contribution in [0.4, 0.5) is 20.6 Å². The first-order valence-corrected chi connectivity index (χ1v) is 9.90. The molecule has 0 aliphatic carbocycles. The summed E-state index contributed by atoms with van der Waals surface area (Å²) in [5, 5.41) is 2.64. The number of halogens is 1. The average Bonchev–Trinajstić information content (AvgIpc) is 3.12. The highest BCUT2D eigenvalue weighted by Crippen LogP contribution is 2.30. The zero-order chi connectivity index (χ0) is 21.1. The molecule has 158 valence electrons. The van der Waals surface area contributed by atoms with Gasteiger partial charge in [-0.25, -0.2) is 9.18 Å². The highest BCUT2D eigenvalue weighted by Gasteiger charge is 2.33. The molecule has 0 spiro atoms. The fourth-order valence-electron chi connectivity index (χ4n) is 3.87. The van der Waals surface area contributed by atoms with Gasteiger partial charge in [-0.2, -0.15) is 0 Å². The van der Waals surface area contributed by atoms with Crippen LogP contribution in [0.1, 0.15) is 11.1 Å². The van der Waals surface area contributed by atoms with Gasteiger partial charge < -0.3 is 19.7 Å². The van der Waals surface area contributed by atoms with Crippen LogP contribution >= 0.6 is 0 Å². The number of nitrogens with one attached hydrogen (secondary N) is 1. The van der Waals surface area contributed by atoms with E-state index in [1.54, 1.807) is 12.1 Å². The molecule has 1 N–H and O–H groups in total. The summed E-state index contributed by atoms with van der Waals surface area (Å²) >= 11 is 0. The number of amides is 2. The van der Waals surface area contributed by atoms with E-state index in [-0.39, 0.29) is 31.4 Å². The first-order chi connectivity index (χ1) is 14.5. The van der Waals surface area contributed by atoms with Crippen LogP contribution in [-0.2, 0) is 27.2 Å². The quantitative estimate of drug-likeness (QED) is 0.788. The number of nitrogens with zero attached hydrogens (tertiary/aromatic N) is 2. The lowest BCUT2D eigenvalue weighted by molar-refractivity contribution is -0.125. The van der Waals surface area contributed by atoms with Crippen LogP contribution in [0.3, 0.4) is 0 Å². The van der Waals surface area contributed by atoms with Crippen molar-refractivity contribution in [3.05, 3.63) is 59.4 Å². The average molecular weight is 413 g/mol. The number of benzene rings is 2. The number of hydrogen-bond donors (Lipinski definition) is 1. The van der Waals surface area contributed by atoms with E-state index >= 15 is 0 Å². The molecule has 2 amide bonds. The monoisotopic (exact) mass is 413 g/mol. The van der Waals surface area contributed by atoms with Gasteiger partial charge in [0.15, 0.2) is 0 Å². The maximum Gasteiger partial charge on any atom is 0.414 e. The van der Waals surface area contributed by atoms with Gasteiger partial charge in [-0.05, 0) is 35.7 Å². The molecule has 0 unspecified atom stereocenters. The summed E-state index contributed by atoms with van der Waals surface area (Å²) in [6.07, 6.45) is -0.189. The second-order valence-corrected chi connectivity index (χ2v) is 7.43. The van der Waals surface area contributed by atoms with Gasteiger partial charge in [0.1, 0.15) is 18.5 Å². The van der Waals surface area contributed by atoms with Crippen molar-refractivity contribution < 1.29 is 23.5 Å². The molecule has 0 saturated carbocycles. The number of hydrogen-bond acceptors (Lipinski definition) is 5. The second-order valence-electron chi connectivity index (χ2n) is 7.43. The number of ether oxygens (including phenoxy) is 2. The fourth-order valence-corrected chi connectivity index (χ4v) is 3.87. The Balaban J connectivity index is 1.42. The maximum absolute atomic E-state index is 14.9. The largest absolute Gasteiger partial charge is 0.442 e. The normalized spacial score (nSPS) is 18.2. The molecule has 8 heteroatoms. The zero-order valence-electron chi connectivity index (χ0n) is 16.8. The van der Waals surface area contributed by atoms with Gasteiger partial charge in [0.25, 0.3) is 0 Å². The first kappa shape index (κ1) is 20.2. The summed E-state index contributed by atoms with van der Waals surface area (Å²) in [6.45, 7) is 1.75. The third-order valence-corrected chi connectivity index (χ3v) is 5.39. The summed E-state index contributed by atoms with van der Waals surface area (Å²) in [5.41, 5.74) is 3.46. The maximum atomic E-state index is 14.9. The molecule has 1 atom stereocenters. The van der Waals surface area contributed by atoms with Crippen molar-refractivity contribution in [3.8, 4) is 0 Å². The van der Waals surface area contributed by atoms with Crippen molar-refractivity contribution in [3.63, 3.8) is 0 Å². The number of cyclic esters (lactones) is 1. The predicted octanol–water partition coefficient (Wildman–Crippen LogP) is 2.48. The Labute approximate surface area is 174 Å². The Morgan fingerprint density at radius 3 is 2.83 bits per heavy atom. The van der Waals surface area contributed by atoms with Crippen LogP contribution in [-0.4, -0.2) is 51.5 Å². The highest BCUT2D eigenvalue weighted by atomic mass is 19.1. The van der Waals surface area contributed by atoms with Gasteiger partial charge in [-0.1, -0.05) is 24.3 Å². The first-order valence-electron chi connectivity index (χ1n) is 9.90. The topological polar surface area (TPSA) is 71.1 Å². The lowest BCUT2D eigenvalue weighted by Crippen LogP contribution is -2.36. The number of carbonyl (C=O) groups excluding carboxylic acids is 2. The van der Waals surface area contributed by atoms with Crippen molar-refractivity contribution in [2.75, 3.05) is 43.2 Å². The van der Waals surface area contributed by atoms with Crippen LogP contribution in [0.15, 0.2) is 42.5 Å². The molecule has 4 rings (SSSR count). The van der Waals surface area contributed by atoms with E-state index in [4.69, 9.17) is 9.47 Å². The summed E-state index contributed by atoms with van der Waals surface area (Å²) < 4.78 is 25.0. The molecular weight excluding hydrogens is 389 g/mol. The van der Waals surface area contributed by atoms with E-state index in [9.17, 15) is 14.0 Å². The van der Waals surface area contributed by atoms with Crippen molar-refractivity contribution in [2.24, 2.45) is 0 Å². The molecule has 0 radical (unpaired) electrons. The van der Waals surface area contributed by atoms with Gasteiger partial charge in [0, 0.05) is 20.2 Å². The number of carbonyl (C=O) groups is 2. The van der Waals surface area contributed by atoms with Crippen LogP contribution in [0, 0.1) is 5.82 Å². The molecule has 0 bridgehead atoms. The van der Waals surface area contributed by atoms with Crippen LogP contribution in [0.5, 0.6) is 0 Å².